The predicted octanol–water partition coefficient (Wildman–Crippen LogP) is 2.73. The molecule has 0 radical (unpaired) electrons. The van der Waals surface area contributed by atoms with Gasteiger partial charge in [-0.1, -0.05) is 60.7 Å². The van der Waals surface area contributed by atoms with Crippen LogP contribution >= 0.6 is 0 Å². The summed E-state index contributed by atoms with van der Waals surface area (Å²) in [6.45, 7) is 2.05. The highest BCUT2D eigenvalue weighted by molar-refractivity contribution is 5.77. The Balaban J connectivity index is 1.56. The molecule has 3 heterocycles. The van der Waals surface area contributed by atoms with Crippen LogP contribution in [0.25, 0.3) is 11.2 Å². The molecule has 1 atom stereocenters. The molecule has 2 aromatic carbocycles. The van der Waals surface area contributed by atoms with E-state index in [2.05, 4.69) is 15.3 Å². The number of nitrogens with zero attached hydrogens (tertiary/aromatic N) is 5. The minimum Gasteiger partial charge on any atom is -0.348 e. The number of aromatic nitrogens is 5. The lowest BCUT2D eigenvalue weighted by Crippen LogP contribution is -2.44. The molecular weight excluding hydrogens is 468 g/mol. The maximum Gasteiger partial charge on any atom is 0.333 e. The standard InChI is InChI=1S/C28H26N6O3/c1-20(23-12-14-29-15-13-23)31-24(35)18-34-27(36)25-26(30-19-32(25)16-21-8-4-2-5-9-21)33(28(34)37)17-22-10-6-3-7-11-22/h2-15,19-20H,16-18H2,1H3,(H,31,35). The minimum absolute atomic E-state index is 0.216. The van der Waals surface area contributed by atoms with E-state index in [0.717, 1.165) is 21.3 Å². The fourth-order valence-electron chi connectivity index (χ4n) is 4.35. The Morgan fingerprint density at radius 2 is 1.49 bits per heavy atom. The summed E-state index contributed by atoms with van der Waals surface area (Å²) >= 11 is 0. The van der Waals surface area contributed by atoms with Gasteiger partial charge in [0.25, 0.3) is 5.56 Å². The third-order valence-electron chi connectivity index (χ3n) is 6.25. The molecule has 0 saturated heterocycles. The van der Waals surface area contributed by atoms with Gasteiger partial charge in [-0.3, -0.25) is 19.1 Å². The Hall–Kier alpha value is -4.79. The zero-order valence-electron chi connectivity index (χ0n) is 20.3. The van der Waals surface area contributed by atoms with Gasteiger partial charge in [0.15, 0.2) is 11.2 Å². The molecule has 186 valence electrons. The quantitative estimate of drug-likeness (QED) is 0.357. The van der Waals surface area contributed by atoms with Crippen LogP contribution in [0.4, 0.5) is 0 Å². The average molecular weight is 495 g/mol. The van der Waals surface area contributed by atoms with E-state index in [-0.39, 0.29) is 23.8 Å². The zero-order chi connectivity index (χ0) is 25.8. The summed E-state index contributed by atoms with van der Waals surface area (Å²) in [4.78, 5) is 48.6. The normalized spacial score (nSPS) is 11.9. The number of nitrogens with one attached hydrogen (secondary N) is 1. The van der Waals surface area contributed by atoms with Crippen LogP contribution < -0.4 is 16.6 Å². The second kappa shape index (κ2) is 10.4. The maximum atomic E-state index is 13.6. The highest BCUT2D eigenvalue weighted by Gasteiger charge is 2.21. The average Bonchev–Trinajstić information content (AvgIpc) is 3.34. The molecule has 0 aliphatic rings. The van der Waals surface area contributed by atoms with E-state index < -0.39 is 23.7 Å². The van der Waals surface area contributed by atoms with Gasteiger partial charge in [-0.15, -0.1) is 0 Å². The molecule has 9 heteroatoms. The van der Waals surface area contributed by atoms with Crippen molar-refractivity contribution in [3.8, 4) is 0 Å². The smallest absolute Gasteiger partial charge is 0.333 e. The summed E-state index contributed by atoms with van der Waals surface area (Å²) < 4.78 is 4.16. The molecule has 1 N–H and O–H groups in total. The van der Waals surface area contributed by atoms with Crippen LogP contribution in [-0.4, -0.2) is 29.6 Å². The van der Waals surface area contributed by atoms with Gasteiger partial charge in [-0.2, -0.15) is 0 Å². The van der Waals surface area contributed by atoms with E-state index in [9.17, 15) is 14.4 Å². The Kier molecular flexibility index (Phi) is 6.76. The lowest BCUT2D eigenvalue weighted by molar-refractivity contribution is -0.122. The highest BCUT2D eigenvalue weighted by atomic mass is 16.2. The molecule has 0 fully saturated rings. The van der Waals surface area contributed by atoms with Crippen molar-refractivity contribution >= 4 is 17.1 Å². The first-order chi connectivity index (χ1) is 18.0. The maximum absolute atomic E-state index is 13.6. The number of carbonyl (C=O) groups is 1. The van der Waals surface area contributed by atoms with Crippen LogP contribution in [0, 0.1) is 0 Å². The number of imidazole rings is 1. The molecule has 9 nitrogen and oxygen atoms in total. The molecule has 0 aliphatic heterocycles. The van der Waals surface area contributed by atoms with Gasteiger partial charge < -0.3 is 9.88 Å². The van der Waals surface area contributed by atoms with Gasteiger partial charge in [-0.25, -0.2) is 14.3 Å². The van der Waals surface area contributed by atoms with Gasteiger partial charge >= 0.3 is 5.69 Å². The van der Waals surface area contributed by atoms with Crippen molar-refractivity contribution in [2.75, 3.05) is 0 Å². The zero-order valence-corrected chi connectivity index (χ0v) is 20.3. The van der Waals surface area contributed by atoms with Crippen molar-refractivity contribution in [2.24, 2.45) is 0 Å². The third-order valence-corrected chi connectivity index (χ3v) is 6.25. The van der Waals surface area contributed by atoms with E-state index in [1.54, 1.807) is 35.4 Å². The second-order valence-corrected chi connectivity index (χ2v) is 8.85. The molecule has 5 aromatic rings. The largest absolute Gasteiger partial charge is 0.348 e. The summed E-state index contributed by atoms with van der Waals surface area (Å²) in [5.74, 6) is -0.441. The van der Waals surface area contributed by atoms with Crippen LogP contribution in [0.2, 0.25) is 0 Å². The van der Waals surface area contributed by atoms with Crippen molar-refractivity contribution in [1.29, 1.82) is 0 Å². The van der Waals surface area contributed by atoms with Crippen molar-refractivity contribution < 1.29 is 4.79 Å². The lowest BCUT2D eigenvalue weighted by atomic mass is 10.1. The number of rotatable bonds is 8. The van der Waals surface area contributed by atoms with E-state index >= 15 is 0 Å². The SMILES string of the molecule is CC(NC(=O)Cn1c(=O)c2c(ncn2Cc2ccccc2)n(Cc2ccccc2)c1=O)c1ccncc1. The highest BCUT2D eigenvalue weighted by Crippen LogP contribution is 2.13. The Morgan fingerprint density at radius 1 is 0.865 bits per heavy atom. The summed E-state index contributed by atoms with van der Waals surface area (Å²) in [6, 6.07) is 22.4. The van der Waals surface area contributed by atoms with Crippen LogP contribution in [0.3, 0.4) is 0 Å². The monoisotopic (exact) mass is 494 g/mol. The third kappa shape index (κ3) is 5.11. The Morgan fingerprint density at radius 3 is 2.14 bits per heavy atom. The molecule has 0 aliphatic carbocycles. The van der Waals surface area contributed by atoms with Crippen molar-refractivity contribution in [3.05, 3.63) is 129 Å². The summed E-state index contributed by atoms with van der Waals surface area (Å²) in [5.41, 5.74) is 2.16. The Labute approximate surface area is 212 Å². The minimum atomic E-state index is -0.585. The van der Waals surface area contributed by atoms with Gasteiger partial charge in [0.2, 0.25) is 5.91 Å². The fraction of sp³-hybridized carbons (Fsp3) is 0.179. The van der Waals surface area contributed by atoms with Crippen LogP contribution in [0.1, 0.15) is 29.7 Å². The van der Waals surface area contributed by atoms with E-state index in [1.807, 2.05) is 67.6 Å². The molecule has 0 bridgehead atoms. The fourth-order valence-corrected chi connectivity index (χ4v) is 4.35. The van der Waals surface area contributed by atoms with Crippen LogP contribution in [-0.2, 0) is 24.4 Å². The van der Waals surface area contributed by atoms with E-state index in [4.69, 9.17) is 0 Å². The van der Waals surface area contributed by atoms with Crippen molar-refractivity contribution in [3.63, 3.8) is 0 Å². The number of benzene rings is 2. The molecule has 37 heavy (non-hydrogen) atoms. The van der Waals surface area contributed by atoms with E-state index in [1.165, 1.54) is 4.57 Å². The molecule has 5 rings (SSSR count). The molecule has 1 unspecified atom stereocenters. The van der Waals surface area contributed by atoms with Gasteiger partial charge in [0, 0.05) is 18.9 Å². The van der Waals surface area contributed by atoms with Crippen molar-refractivity contribution in [2.45, 2.75) is 32.6 Å². The molecule has 3 aromatic heterocycles. The Bertz CT molecular complexity index is 1640. The number of hydrogen-bond donors (Lipinski definition) is 1. The van der Waals surface area contributed by atoms with Crippen LogP contribution in [0.15, 0.2) is 101 Å². The van der Waals surface area contributed by atoms with E-state index in [0.29, 0.717) is 6.54 Å². The molecule has 0 saturated carbocycles. The van der Waals surface area contributed by atoms with Gasteiger partial charge in [0.05, 0.1) is 18.9 Å². The first-order valence-corrected chi connectivity index (χ1v) is 12.0. The topological polar surface area (TPSA) is 104 Å². The first kappa shape index (κ1) is 23.9. The number of hydrogen-bond acceptors (Lipinski definition) is 5. The summed E-state index contributed by atoms with van der Waals surface area (Å²) in [5, 5.41) is 2.87. The second-order valence-electron chi connectivity index (χ2n) is 8.85. The van der Waals surface area contributed by atoms with Gasteiger partial charge in [-0.05, 0) is 35.7 Å². The number of pyridine rings is 1. The number of fused-ring (bicyclic) bond motifs is 1. The first-order valence-electron chi connectivity index (χ1n) is 12.0. The molecule has 1 amide bonds. The molecular formula is C28H26N6O3. The lowest BCUT2D eigenvalue weighted by Gasteiger charge is -2.16. The summed E-state index contributed by atoms with van der Waals surface area (Å²) in [7, 11) is 0. The number of amides is 1. The van der Waals surface area contributed by atoms with Crippen molar-refractivity contribution in [1.82, 2.24) is 29.0 Å². The summed E-state index contributed by atoms with van der Waals surface area (Å²) in [6.07, 6.45) is 4.86. The number of carbonyl (C=O) groups excluding carboxylic acids is 1. The van der Waals surface area contributed by atoms with Crippen LogP contribution in [0.5, 0.6) is 0 Å². The van der Waals surface area contributed by atoms with Gasteiger partial charge in [0.1, 0.15) is 6.54 Å². The predicted molar refractivity (Wildman–Crippen MR) is 140 cm³/mol. The molecule has 0 spiro atoms.